The Hall–Kier alpha value is -1.79. The second-order valence-electron chi connectivity index (χ2n) is 7.75. The highest BCUT2D eigenvalue weighted by Crippen LogP contribution is 2.49. The molecule has 1 fully saturated rings. The molecule has 6 nitrogen and oxygen atoms in total. The SMILES string of the molecule is CCN(CC)C(=O)N[C@@H]1CN[C@@H]2CC3CNc4ccc(CO)c(c43)[C@H]2C1. The zero-order chi connectivity index (χ0) is 18.3. The molecule has 3 aliphatic rings. The lowest BCUT2D eigenvalue weighted by Gasteiger charge is -2.44. The summed E-state index contributed by atoms with van der Waals surface area (Å²) in [7, 11) is 0. The van der Waals surface area contributed by atoms with Crippen molar-refractivity contribution in [2.75, 3.05) is 31.5 Å². The Labute approximate surface area is 155 Å². The largest absolute Gasteiger partial charge is 0.392 e. The molecular weight excluding hydrogens is 328 g/mol. The second-order valence-corrected chi connectivity index (χ2v) is 7.75. The average Bonchev–Trinajstić information content (AvgIpc) is 3.07. The Morgan fingerprint density at radius 2 is 2.04 bits per heavy atom. The number of amides is 2. The van der Waals surface area contributed by atoms with Crippen LogP contribution in [0.25, 0.3) is 0 Å². The molecule has 1 saturated heterocycles. The summed E-state index contributed by atoms with van der Waals surface area (Å²) in [6, 6.07) is 4.74. The maximum atomic E-state index is 12.5. The predicted molar refractivity (Wildman–Crippen MR) is 103 cm³/mol. The lowest BCUT2D eigenvalue weighted by atomic mass is 9.69. The number of aliphatic hydroxyl groups is 1. The Kier molecular flexibility index (Phi) is 4.80. The third kappa shape index (κ3) is 2.85. The maximum absolute atomic E-state index is 12.5. The van der Waals surface area contributed by atoms with Gasteiger partial charge in [0, 0.05) is 55.8 Å². The van der Waals surface area contributed by atoms with Gasteiger partial charge in [-0.3, -0.25) is 0 Å². The van der Waals surface area contributed by atoms with Gasteiger partial charge in [-0.15, -0.1) is 0 Å². The number of nitrogens with zero attached hydrogens (tertiary/aromatic N) is 1. The van der Waals surface area contributed by atoms with Crippen LogP contribution in [0.5, 0.6) is 0 Å². The van der Waals surface area contributed by atoms with Crippen molar-refractivity contribution in [2.24, 2.45) is 0 Å². The molecule has 0 saturated carbocycles. The number of aliphatic hydroxyl groups excluding tert-OH is 1. The molecule has 2 amide bonds. The zero-order valence-corrected chi connectivity index (χ0v) is 15.7. The summed E-state index contributed by atoms with van der Waals surface area (Å²) in [4.78, 5) is 14.3. The number of hydrogen-bond acceptors (Lipinski definition) is 4. The smallest absolute Gasteiger partial charge is 0.317 e. The normalized spacial score (nSPS) is 28.7. The van der Waals surface area contributed by atoms with E-state index in [0.29, 0.717) is 17.9 Å². The standard InChI is InChI=1S/C20H30N4O2/c1-3-24(4-2)20(26)23-14-8-15-17(22-10-14)7-13-9-21-16-6-5-12(11-25)18(15)19(13)16/h5-6,13-15,17,21-22,25H,3-4,7-11H2,1-2H3,(H,23,26)/t13?,14-,15-,17+/m0/s1. The molecule has 1 unspecified atom stereocenters. The monoisotopic (exact) mass is 358 g/mol. The van der Waals surface area contributed by atoms with Gasteiger partial charge in [-0.25, -0.2) is 4.79 Å². The molecule has 6 heteroatoms. The summed E-state index contributed by atoms with van der Waals surface area (Å²) in [5.41, 5.74) is 5.01. The summed E-state index contributed by atoms with van der Waals surface area (Å²) in [6.07, 6.45) is 2.06. The number of carbonyl (C=O) groups excluding carboxylic acids is 1. The first-order chi connectivity index (χ1) is 12.7. The van der Waals surface area contributed by atoms with Gasteiger partial charge >= 0.3 is 6.03 Å². The van der Waals surface area contributed by atoms with E-state index in [0.717, 1.165) is 44.6 Å². The van der Waals surface area contributed by atoms with E-state index in [-0.39, 0.29) is 18.7 Å². The van der Waals surface area contributed by atoms with Crippen molar-refractivity contribution < 1.29 is 9.90 Å². The van der Waals surface area contributed by atoms with Crippen molar-refractivity contribution in [3.05, 3.63) is 28.8 Å². The van der Waals surface area contributed by atoms with E-state index in [1.54, 1.807) is 0 Å². The molecule has 142 valence electrons. The summed E-state index contributed by atoms with van der Waals surface area (Å²) < 4.78 is 0. The third-order valence-corrected chi connectivity index (χ3v) is 6.43. The molecular formula is C20H30N4O2. The molecule has 2 heterocycles. The first-order valence-corrected chi connectivity index (χ1v) is 9.95. The molecule has 0 aromatic heterocycles. The highest BCUT2D eigenvalue weighted by molar-refractivity contribution is 5.74. The van der Waals surface area contributed by atoms with Crippen molar-refractivity contribution >= 4 is 11.7 Å². The number of anilines is 1. The van der Waals surface area contributed by atoms with Crippen molar-refractivity contribution in [3.8, 4) is 0 Å². The van der Waals surface area contributed by atoms with Gasteiger partial charge in [0.25, 0.3) is 0 Å². The van der Waals surface area contributed by atoms with Gasteiger partial charge in [-0.2, -0.15) is 0 Å². The Bertz CT molecular complexity index is 689. The van der Waals surface area contributed by atoms with Crippen LogP contribution in [-0.4, -0.2) is 54.3 Å². The minimum absolute atomic E-state index is 0.0243. The molecule has 1 aliphatic carbocycles. The number of nitrogens with one attached hydrogen (secondary N) is 3. The van der Waals surface area contributed by atoms with Gasteiger partial charge in [0.15, 0.2) is 0 Å². The summed E-state index contributed by atoms with van der Waals surface area (Å²) in [6.45, 7) is 7.35. The van der Waals surface area contributed by atoms with Crippen molar-refractivity contribution in [3.63, 3.8) is 0 Å². The van der Waals surface area contributed by atoms with E-state index >= 15 is 0 Å². The summed E-state index contributed by atoms with van der Waals surface area (Å²) in [5.74, 6) is 0.876. The molecule has 0 bridgehead atoms. The van der Waals surface area contributed by atoms with Crippen LogP contribution in [0.15, 0.2) is 12.1 Å². The summed E-state index contributed by atoms with van der Waals surface area (Å²) in [5, 5.41) is 20.3. The average molecular weight is 358 g/mol. The van der Waals surface area contributed by atoms with Gasteiger partial charge in [-0.05, 0) is 49.4 Å². The van der Waals surface area contributed by atoms with Crippen LogP contribution in [0.3, 0.4) is 0 Å². The molecule has 4 rings (SSSR count). The van der Waals surface area contributed by atoms with E-state index < -0.39 is 0 Å². The van der Waals surface area contributed by atoms with Gasteiger partial charge in [0.05, 0.1) is 6.61 Å². The van der Waals surface area contributed by atoms with Gasteiger partial charge in [0.2, 0.25) is 0 Å². The first kappa shape index (κ1) is 17.6. The molecule has 0 spiro atoms. The number of piperidine rings is 1. The predicted octanol–water partition coefficient (Wildman–Crippen LogP) is 1.96. The van der Waals surface area contributed by atoms with Crippen LogP contribution in [0.4, 0.5) is 10.5 Å². The molecule has 2 aliphatic heterocycles. The topological polar surface area (TPSA) is 76.6 Å². The number of fused-ring (bicyclic) bond motifs is 2. The Morgan fingerprint density at radius 3 is 2.77 bits per heavy atom. The third-order valence-electron chi connectivity index (χ3n) is 6.43. The highest BCUT2D eigenvalue weighted by Gasteiger charge is 2.43. The van der Waals surface area contributed by atoms with Crippen molar-refractivity contribution in [1.29, 1.82) is 0 Å². The van der Waals surface area contributed by atoms with Crippen LogP contribution >= 0.6 is 0 Å². The quantitative estimate of drug-likeness (QED) is 0.664. The Morgan fingerprint density at radius 1 is 1.23 bits per heavy atom. The Balaban J connectivity index is 1.58. The van der Waals surface area contributed by atoms with Crippen LogP contribution in [-0.2, 0) is 6.61 Å². The molecule has 1 aromatic carbocycles. The fourth-order valence-electron chi connectivity index (χ4n) is 5.14. The molecule has 0 radical (unpaired) electrons. The molecule has 1 aromatic rings. The number of hydrogen-bond donors (Lipinski definition) is 4. The van der Waals surface area contributed by atoms with Crippen molar-refractivity contribution in [1.82, 2.24) is 15.5 Å². The molecule has 4 N–H and O–H groups in total. The van der Waals surface area contributed by atoms with E-state index in [4.69, 9.17) is 0 Å². The number of urea groups is 1. The van der Waals surface area contributed by atoms with Crippen molar-refractivity contribution in [2.45, 2.75) is 57.2 Å². The maximum Gasteiger partial charge on any atom is 0.317 e. The highest BCUT2D eigenvalue weighted by atomic mass is 16.3. The van der Waals surface area contributed by atoms with Crippen LogP contribution in [0.1, 0.15) is 55.2 Å². The van der Waals surface area contributed by atoms with Gasteiger partial charge in [-0.1, -0.05) is 6.07 Å². The lowest BCUT2D eigenvalue weighted by Crippen LogP contribution is -2.56. The fraction of sp³-hybridized carbons (Fsp3) is 0.650. The summed E-state index contributed by atoms with van der Waals surface area (Å²) >= 11 is 0. The lowest BCUT2D eigenvalue weighted by molar-refractivity contribution is 0.188. The minimum Gasteiger partial charge on any atom is -0.392 e. The van der Waals surface area contributed by atoms with Crippen LogP contribution in [0, 0.1) is 0 Å². The van der Waals surface area contributed by atoms with Crippen LogP contribution in [0.2, 0.25) is 0 Å². The van der Waals surface area contributed by atoms with Crippen LogP contribution < -0.4 is 16.0 Å². The van der Waals surface area contributed by atoms with E-state index in [1.165, 1.54) is 16.8 Å². The van der Waals surface area contributed by atoms with Gasteiger partial charge < -0.3 is 26.0 Å². The van der Waals surface area contributed by atoms with E-state index in [1.807, 2.05) is 18.7 Å². The molecule has 4 atom stereocenters. The van der Waals surface area contributed by atoms with E-state index in [2.05, 4.69) is 28.1 Å². The van der Waals surface area contributed by atoms with E-state index in [9.17, 15) is 9.90 Å². The zero-order valence-electron chi connectivity index (χ0n) is 15.7. The fourth-order valence-corrected chi connectivity index (χ4v) is 5.14. The first-order valence-electron chi connectivity index (χ1n) is 9.95. The second kappa shape index (κ2) is 7.08. The number of benzene rings is 1. The minimum atomic E-state index is 0.0243. The number of rotatable bonds is 4. The van der Waals surface area contributed by atoms with Gasteiger partial charge in [0.1, 0.15) is 0 Å². The number of carbonyl (C=O) groups is 1. The molecule has 26 heavy (non-hydrogen) atoms.